The first-order chi connectivity index (χ1) is 19.8. The summed E-state index contributed by atoms with van der Waals surface area (Å²) in [7, 11) is 1.65. The van der Waals surface area contributed by atoms with Gasteiger partial charge in [0.25, 0.3) is 5.91 Å². The molecule has 7 heteroatoms. The second-order valence-corrected chi connectivity index (χ2v) is 12.6. The van der Waals surface area contributed by atoms with E-state index in [0.29, 0.717) is 35.8 Å². The summed E-state index contributed by atoms with van der Waals surface area (Å²) in [5.41, 5.74) is 4.40. The number of aliphatic carboxylic acids is 1. The monoisotopic (exact) mass is 571 g/mol. The van der Waals surface area contributed by atoms with Crippen LogP contribution >= 0.6 is 0 Å². The van der Waals surface area contributed by atoms with Gasteiger partial charge in [-0.05, 0) is 130 Å². The van der Waals surface area contributed by atoms with Crippen molar-refractivity contribution in [3.63, 3.8) is 0 Å². The van der Waals surface area contributed by atoms with Gasteiger partial charge in [0.1, 0.15) is 11.5 Å². The summed E-state index contributed by atoms with van der Waals surface area (Å²) in [6.45, 7) is 9.27. The Hall–Kier alpha value is -4.13. The number of nitrogens with one attached hydrogen (secondary N) is 1. The number of ether oxygens (including phenoxy) is 2. The summed E-state index contributed by atoms with van der Waals surface area (Å²) in [5, 5.41) is 12.5. The number of rotatable bonds is 9. The molecule has 1 atom stereocenters. The first-order valence-electron chi connectivity index (χ1n) is 14.4. The summed E-state index contributed by atoms with van der Waals surface area (Å²) >= 11 is 0. The number of fused-ring (bicyclic) bond motifs is 1. The molecule has 1 aliphatic rings. The molecular formula is C35H41NO6. The average Bonchev–Trinajstić information content (AvgIpc) is 2.96. The van der Waals surface area contributed by atoms with Crippen LogP contribution in [0.4, 0.5) is 0 Å². The van der Waals surface area contributed by atoms with Crippen LogP contribution < -0.4 is 14.8 Å². The van der Waals surface area contributed by atoms with E-state index in [-0.39, 0.29) is 11.9 Å². The maximum Gasteiger partial charge on any atom is 0.316 e. The van der Waals surface area contributed by atoms with Crippen molar-refractivity contribution < 1.29 is 29.0 Å². The zero-order valence-corrected chi connectivity index (χ0v) is 25.4. The number of carboxylic acids is 1. The molecule has 222 valence electrons. The smallest absolute Gasteiger partial charge is 0.316 e. The normalized spacial score (nSPS) is 15.0. The summed E-state index contributed by atoms with van der Waals surface area (Å²) in [4.78, 5) is 36.7. The molecule has 3 aromatic rings. The van der Waals surface area contributed by atoms with E-state index in [1.54, 1.807) is 45.2 Å². The lowest BCUT2D eigenvalue weighted by atomic mass is 9.78. The number of carboxylic acid groups (broad SMARTS) is 1. The SMILES string of the molecule is COc1ccc(C2CCc3cc(OC(=O)C(C)(C)C)ccc3C2)c(CCNC(=O)c2ccc(C(C)(C)C(=O)O)cc2)c1. The van der Waals surface area contributed by atoms with Gasteiger partial charge in [0.2, 0.25) is 0 Å². The molecule has 2 N–H and O–H groups in total. The highest BCUT2D eigenvalue weighted by Gasteiger charge is 2.29. The number of esters is 1. The van der Waals surface area contributed by atoms with Gasteiger partial charge in [-0.15, -0.1) is 0 Å². The van der Waals surface area contributed by atoms with Crippen LogP contribution in [0.3, 0.4) is 0 Å². The van der Waals surface area contributed by atoms with E-state index >= 15 is 0 Å². The number of carbonyl (C=O) groups excluding carboxylic acids is 2. The Balaban J connectivity index is 1.43. The number of benzene rings is 3. The third kappa shape index (κ3) is 7.01. The van der Waals surface area contributed by atoms with Crippen molar-refractivity contribution in [2.75, 3.05) is 13.7 Å². The van der Waals surface area contributed by atoms with E-state index in [4.69, 9.17) is 9.47 Å². The second kappa shape index (κ2) is 12.4. The number of hydrogen-bond donors (Lipinski definition) is 2. The Morgan fingerprint density at radius 3 is 2.24 bits per heavy atom. The van der Waals surface area contributed by atoms with Gasteiger partial charge in [-0.2, -0.15) is 0 Å². The summed E-state index contributed by atoms with van der Waals surface area (Å²) < 4.78 is 11.1. The Kier molecular flexibility index (Phi) is 9.09. The van der Waals surface area contributed by atoms with Crippen molar-refractivity contribution in [2.24, 2.45) is 5.41 Å². The van der Waals surface area contributed by atoms with Gasteiger partial charge >= 0.3 is 11.9 Å². The molecule has 1 aliphatic carbocycles. The summed E-state index contributed by atoms with van der Waals surface area (Å²) in [6, 6.07) is 18.8. The second-order valence-electron chi connectivity index (χ2n) is 12.6. The molecule has 4 rings (SSSR count). The molecule has 0 heterocycles. The topological polar surface area (TPSA) is 102 Å². The van der Waals surface area contributed by atoms with Crippen molar-refractivity contribution in [1.82, 2.24) is 5.32 Å². The van der Waals surface area contributed by atoms with E-state index < -0.39 is 16.8 Å². The standard InChI is InChI=1S/C35H41NO6/c1-34(2,3)33(40)42-29-14-11-23-19-25(8-7-24(23)20-29)30-16-15-28(41-6)21-26(30)17-18-36-31(37)22-9-12-27(13-10-22)35(4,5)32(38)39/h9-16,20-21,25H,7-8,17-19H2,1-6H3,(H,36,37)(H,38,39). The third-order valence-corrected chi connectivity index (χ3v) is 8.10. The van der Waals surface area contributed by atoms with Crippen LogP contribution in [0.1, 0.15) is 85.1 Å². The lowest BCUT2D eigenvalue weighted by molar-refractivity contribution is -0.143. The van der Waals surface area contributed by atoms with E-state index in [0.717, 1.165) is 30.6 Å². The Bertz CT molecular complexity index is 1470. The minimum Gasteiger partial charge on any atom is -0.497 e. The van der Waals surface area contributed by atoms with Crippen LogP contribution in [0.2, 0.25) is 0 Å². The molecule has 7 nitrogen and oxygen atoms in total. The van der Waals surface area contributed by atoms with Gasteiger partial charge in [-0.3, -0.25) is 14.4 Å². The zero-order chi connectivity index (χ0) is 30.7. The predicted molar refractivity (Wildman–Crippen MR) is 162 cm³/mol. The van der Waals surface area contributed by atoms with Gasteiger partial charge in [0, 0.05) is 12.1 Å². The lowest BCUT2D eigenvalue weighted by Gasteiger charge is -2.27. The van der Waals surface area contributed by atoms with Crippen LogP contribution in [-0.4, -0.2) is 36.6 Å². The van der Waals surface area contributed by atoms with Crippen molar-refractivity contribution >= 4 is 17.8 Å². The molecule has 0 saturated heterocycles. The molecule has 0 radical (unpaired) electrons. The van der Waals surface area contributed by atoms with E-state index in [9.17, 15) is 19.5 Å². The fourth-order valence-corrected chi connectivity index (χ4v) is 5.22. The third-order valence-electron chi connectivity index (χ3n) is 8.10. The Morgan fingerprint density at radius 2 is 1.60 bits per heavy atom. The number of carbonyl (C=O) groups is 3. The summed E-state index contributed by atoms with van der Waals surface area (Å²) in [6.07, 6.45) is 3.38. The quantitative estimate of drug-likeness (QED) is 0.232. The maximum absolute atomic E-state index is 12.8. The van der Waals surface area contributed by atoms with Crippen molar-refractivity contribution in [3.05, 3.63) is 94.0 Å². The fraction of sp³-hybridized carbons (Fsp3) is 0.400. The molecule has 0 aliphatic heterocycles. The first-order valence-corrected chi connectivity index (χ1v) is 14.4. The molecule has 0 fully saturated rings. The average molecular weight is 572 g/mol. The Morgan fingerprint density at radius 1 is 0.905 bits per heavy atom. The predicted octanol–water partition coefficient (Wildman–Crippen LogP) is 6.25. The van der Waals surface area contributed by atoms with Crippen molar-refractivity contribution in [3.8, 4) is 11.5 Å². The fourth-order valence-electron chi connectivity index (χ4n) is 5.22. The molecule has 0 bridgehead atoms. The molecule has 1 amide bonds. The lowest BCUT2D eigenvalue weighted by Crippen LogP contribution is -2.29. The van der Waals surface area contributed by atoms with Crippen molar-refractivity contribution in [1.29, 1.82) is 0 Å². The van der Waals surface area contributed by atoms with Crippen molar-refractivity contribution in [2.45, 2.75) is 71.6 Å². The van der Waals surface area contributed by atoms with Crippen LogP contribution in [0, 0.1) is 5.41 Å². The number of aryl methyl sites for hydroxylation is 1. The molecule has 0 saturated carbocycles. The van der Waals surface area contributed by atoms with E-state index in [1.807, 2.05) is 39.0 Å². The molecule has 3 aromatic carbocycles. The number of hydrogen-bond acceptors (Lipinski definition) is 5. The molecule has 0 spiro atoms. The first kappa shape index (κ1) is 30.8. The summed E-state index contributed by atoms with van der Waals surface area (Å²) in [5.74, 6) is 0.328. The minimum absolute atomic E-state index is 0.200. The molecule has 1 unspecified atom stereocenters. The zero-order valence-electron chi connectivity index (χ0n) is 25.4. The highest BCUT2D eigenvalue weighted by atomic mass is 16.5. The van der Waals surface area contributed by atoms with Gasteiger partial charge in [0.05, 0.1) is 17.9 Å². The largest absolute Gasteiger partial charge is 0.497 e. The highest BCUT2D eigenvalue weighted by Crippen LogP contribution is 2.37. The van der Waals surface area contributed by atoms with Gasteiger partial charge in [-0.1, -0.05) is 24.3 Å². The maximum atomic E-state index is 12.8. The number of amides is 1. The van der Waals surface area contributed by atoms with Gasteiger partial charge < -0.3 is 19.9 Å². The van der Waals surface area contributed by atoms with Crippen LogP contribution in [-0.2, 0) is 34.3 Å². The van der Waals surface area contributed by atoms with Crippen LogP contribution in [0.25, 0.3) is 0 Å². The van der Waals surface area contributed by atoms with E-state index in [2.05, 4.69) is 23.5 Å². The molecule has 42 heavy (non-hydrogen) atoms. The molecular weight excluding hydrogens is 530 g/mol. The van der Waals surface area contributed by atoms with E-state index in [1.165, 1.54) is 16.7 Å². The Labute approximate surface area is 248 Å². The van der Waals surface area contributed by atoms with Gasteiger partial charge in [-0.25, -0.2) is 0 Å². The minimum atomic E-state index is -1.03. The van der Waals surface area contributed by atoms with Crippen LogP contribution in [0.5, 0.6) is 11.5 Å². The number of methoxy groups -OCH3 is 1. The van der Waals surface area contributed by atoms with Gasteiger partial charge in [0.15, 0.2) is 0 Å². The molecule has 0 aromatic heterocycles. The highest BCUT2D eigenvalue weighted by molar-refractivity contribution is 5.94. The van der Waals surface area contributed by atoms with Crippen LogP contribution in [0.15, 0.2) is 60.7 Å².